The van der Waals surface area contributed by atoms with Gasteiger partial charge in [-0.05, 0) is 0 Å². The summed E-state index contributed by atoms with van der Waals surface area (Å²) in [7, 11) is 0. The van der Waals surface area contributed by atoms with E-state index in [1.54, 1.807) is 8.88 Å². The van der Waals surface area contributed by atoms with Crippen LogP contribution in [0.2, 0.25) is 3.67 Å². The molecule has 3 heteroatoms. The summed E-state index contributed by atoms with van der Waals surface area (Å²) in [5.74, 6) is 0. The van der Waals surface area contributed by atoms with Crippen LogP contribution in [0.3, 0.4) is 0 Å². The molecule has 0 N–H and O–H groups in total. The summed E-state index contributed by atoms with van der Waals surface area (Å²) in [6.07, 6.45) is 10.3. The third-order valence-corrected chi connectivity index (χ3v) is 9.30. The first-order valence-electron chi connectivity index (χ1n) is 6.73. The van der Waals surface area contributed by atoms with Gasteiger partial charge in [-0.25, -0.2) is 0 Å². The van der Waals surface area contributed by atoms with Crippen molar-refractivity contribution in [1.82, 2.24) is 0 Å². The predicted molar refractivity (Wildman–Crippen MR) is 76.3 cm³/mol. The minimum atomic E-state index is -0.795. The van der Waals surface area contributed by atoms with Gasteiger partial charge in [0.1, 0.15) is 0 Å². The van der Waals surface area contributed by atoms with Crippen molar-refractivity contribution >= 4 is 3.32 Å². The van der Waals surface area contributed by atoms with Crippen molar-refractivity contribution in [2.24, 2.45) is 0 Å². The van der Waals surface area contributed by atoms with E-state index in [9.17, 15) is 0 Å². The average molecular weight is 480 g/mol. The Balaban J connectivity index is 0.000000807. The molecule has 0 aromatic heterocycles. The fraction of sp³-hybridized carbons (Fsp3) is 0.111. The first kappa shape index (κ1) is 16.7. The molecule has 0 spiro atoms. The molecule has 2 aliphatic carbocycles. The monoisotopic (exact) mass is 480 g/mol. The van der Waals surface area contributed by atoms with Gasteiger partial charge in [0.05, 0.1) is 0 Å². The maximum Gasteiger partial charge on any atom is -1.00 e. The number of hydrogen-bond acceptors (Lipinski definition) is 0. The van der Waals surface area contributed by atoms with E-state index in [0.29, 0.717) is 0 Å². The molecule has 0 heterocycles. The fourth-order valence-corrected chi connectivity index (χ4v) is 7.90. The van der Waals surface area contributed by atoms with Gasteiger partial charge in [-0.2, -0.15) is 0 Å². The van der Waals surface area contributed by atoms with Crippen molar-refractivity contribution in [1.29, 1.82) is 0 Å². The van der Waals surface area contributed by atoms with Gasteiger partial charge in [0, 0.05) is 0 Å². The van der Waals surface area contributed by atoms with Crippen molar-refractivity contribution < 1.29 is 47.7 Å². The van der Waals surface area contributed by atoms with Gasteiger partial charge in [0.25, 0.3) is 0 Å². The van der Waals surface area contributed by atoms with Gasteiger partial charge < -0.3 is 24.8 Å². The second kappa shape index (κ2) is 7.09. The average Bonchev–Trinajstić information content (AvgIpc) is 3.06. The minimum Gasteiger partial charge on any atom is -1.00 e. The Labute approximate surface area is 149 Å². The van der Waals surface area contributed by atoms with Crippen molar-refractivity contribution in [3.63, 3.8) is 0 Å². The van der Waals surface area contributed by atoms with E-state index in [0.717, 1.165) is 10.1 Å². The van der Waals surface area contributed by atoms with Crippen LogP contribution in [0.4, 0.5) is 0 Å². The Morgan fingerprint density at radius 3 is 2.33 bits per heavy atom. The first-order chi connectivity index (χ1) is 9.42. The number of fused-ring (bicyclic) bond motifs is 3. The Bertz CT molecular complexity index is 692. The molecule has 0 saturated carbocycles. The van der Waals surface area contributed by atoms with E-state index < -0.39 is 22.9 Å². The molecule has 2 aliphatic rings. The summed E-state index contributed by atoms with van der Waals surface area (Å²) in [5.41, 5.74) is 6.08. The Morgan fingerprint density at radius 2 is 1.52 bits per heavy atom. The van der Waals surface area contributed by atoms with E-state index in [-0.39, 0.29) is 24.8 Å². The SMILES string of the molecule is C1=C[CH]([Hf+2][c]2cccc3c2Cc2ccccc2-3)C=C1.[Cl-].[Cl-]. The number of halogens is 2. The molecule has 0 aliphatic heterocycles. The van der Waals surface area contributed by atoms with Crippen molar-refractivity contribution in [3.8, 4) is 11.1 Å². The maximum atomic E-state index is 2.38. The Kier molecular flexibility index (Phi) is 5.65. The van der Waals surface area contributed by atoms with E-state index in [1.165, 1.54) is 16.7 Å². The normalized spacial score (nSPS) is 13.9. The number of benzene rings is 2. The van der Waals surface area contributed by atoms with Crippen LogP contribution in [0.1, 0.15) is 11.1 Å². The van der Waals surface area contributed by atoms with Crippen LogP contribution in [-0.4, -0.2) is 0 Å². The third kappa shape index (κ3) is 3.11. The molecule has 0 unspecified atom stereocenters. The molecule has 104 valence electrons. The molecular formula is C18H14Cl2Hf. The van der Waals surface area contributed by atoms with Crippen LogP contribution in [0.15, 0.2) is 66.8 Å². The summed E-state index contributed by atoms with van der Waals surface area (Å²) in [6.45, 7) is 0. The van der Waals surface area contributed by atoms with E-state index in [2.05, 4.69) is 66.8 Å². The second-order valence-corrected chi connectivity index (χ2v) is 10.5. The largest absolute Gasteiger partial charge is 1.00 e. The summed E-state index contributed by atoms with van der Waals surface area (Å²) >= 11 is -0.795. The van der Waals surface area contributed by atoms with Crippen LogP contribution in [-0.2, 0) is 29.3 Å². The van der Waals surface area contributed by atoms with Gasteiger partial charge in [-0.15, -0.1) is 0 Å². The Hall–Kier alpha value is -0.630. The number of hydrogen-bond donors (Lipinski definition) is 0. The molecule has 0 nitrogen and oxygen atoms in total. The van der Waals surface area contributed by atoms with Crippen LogP contribution in [0.25, 0.3) is 11.1 Å². The number of allylic oxidation sites excluding steroid dienone is 4. The topological polar surface area (TPSA) is 0 Å². The smallest absolute Gasteiger partial charge is 1.00 e. The summed E-state index contributed by atoms with van der Waals surface area (Å²) in [6, 6.07) is 15.8. The van der Waals surface area contributed by atoms with E-state index in [1.807, 2.05) is 0 Å². The van der Waals surface area contributed by atoms with Crippen LogP contribution < -0.4 is 28.1 Å². The zero-order valence-electron chi connectivity index (χ0n) is 11.4. The molecule has 0 amide bonds. The van der Waals surface area contributed by atoms with Crippen molar-refractivity contribution in [3.05, 3.63) is 77.9 Å². The molecule has 21 heavy (non-hydrogen) atoms. The Morgan fingerprint density at radius 1 is 0.810 bits per heavy atom. The van der Waals surface area contributed by atoms with E-state index in [4.69, 9.17) is 0 Å². The second-order valence-electron chi connectivity index (χ2n) is 5.11. The molecular weight excluding hydrogens is 466 g/mol. The predicted octanol–water partition coefficient (Wildman–Crippen LogP) is -2.11. The van der Waals surface area contributed by atoms with Crippen LogP contribution >= 0.6 is 0 Å². The summed E-state index contributed by atoms with van der Waals surface area (Å²) < 4.78 is 2.48. The quantitative estimate of drug-likeness (QED) is 0.369. The molecule has 2 aromatic rings. The molecule has 2 aromatic carbocycles. The zero-order valence-corrected chi connectivity index (χ0v) is 16.5. The molecule has 0 fully saturated rings. The van der Waals surface area contributed by atoms with Crippen molar-refractivity contribution in [2.75, 3.05) is 0 Å². The molecule has 0 atom stereocenters. The molecule has 4 rings (SSSR count). The zero-order chi connectivity index (χ0) is 12.7. The molecule has 0 radical (unpaired) electrons. The standard InChI is InChI=1S/C13H9.C5H5.2ClH.Hf/c1-3-7-12-10(5-1)9-11-6-2-4-8-13(11)12;1-2-4-5-3-1;;;/h1-5,7-8H,9H2;1-5H;2*1H;/q;;;;+2/p-2. The van der Waals surface area contributed by atoms with Crippen LogP contribution in [0.5, 0.6) is 0 Å². The molecule has 0 saturated heterocycles. The maximum absolute atomic E-state index is 2.38. The third-order valence-electron chi connectivity index (χ3n) is 3.92. The van der Waals surface area contributed by atoms with Gasteiger partial charge in [0.15, 0.2) is 0 Å². The van der Waals surface area contributed by atoms with Crippen molar-refractivity contribution in [2.45, 2.75) is 10.1 Å². The first-order valence-corrected chi connectivity index (χ1v) is 10.6. The number of rotatable bonds is 2. The molecule has 0 bridgehead atoms. The van der Waals surface area contributed by atoms with Gasteiger partial charge in [-0.1, -0.05) is 0 Å². The summed E-state index contributed by atoms with van der Waals surface area (Å²) in [4.78, 5) is 0. The van der Waals surface area contributed by atoms with Crippen LogP contribution in [0, 0.1) is 0 Å². The van der Waals surface area contributed by atoms with Gasteiger partial charge in [-0.3, -0.25) is 0 Å². The summed E-state index contributed by atoms with van der Waals surface area (Å²) in [5, 5.41) is 0. The fourth-order valence-electron chi connectivity index (χ4n) is 3.00. The van der Waals surface area contributed by atoms with Gasteiger partial charge in [0.2, 0.25) is 0 Å². The van der Waals surface area contributed by atoms with E-state index >= 15 is 0 Å². The van der Waals surface area contributed by atoms with Gasteiger partial charge >= 0.3 is 125 Å². The minimum absolute atomic E-state index is 0.